The van der Waals surface area contributed by atoms with Gasteiger partial charge in [0.05, 0.1) is 0 Å². The molecule has 1 aliphatic rings. The van der Waals surface area contributed by atoms with E-state index in [1.165, 1.54) is 17.7 Å². The Bertz CT molecular complexity index is 431. The van der Waals surface area contributed by atoms with Crippen molar-refractivity contribution in [3.8, 4) is 0 Å². The fraction of sp³-hybridized carbons (Fsp3) is 0.812. The lowest BCUT2D eigenvalue weighted by Gasteiger charge is -2.41. The molecule has 1 unspecified atom stereocenters. The number of nitrogens with zero attached hydrogens (tertiary/aromatic N) is 1. The van der Waals surface area contributed by atoms with Crippen molar-refractivity contribution in [2.75, 3.05) is 13.7 Å². The van der Waals surface area contributed by atoms with Gasteiger partial charge in [-0.15, -0.1) is 11.3 Å². The molecule has 3 nitrogen and oxygen atoms in total. The molecule has 1 heterocycles. The Kier molecular flexibility index (Phi) is 4.88. The van der Waals surface area contributed by atoms with Gasteiger partial charge < -0.3 is 10.1 Å². The molecular formula is C16H28N2OS. The van der Waals surface area contributed by atoms with Gasteiger partial charge in [-0.2, -0.15) is 0 Å². The van der Waals surface area contributed by atoms with Crippen LogP contribution in [0.4, 0.5) is 0 Å². The summed E-state index contributed by atoms with van der Waals surface area (Å²) in [5.74, 6) is 0. The Balaban J connectivity index is 2.16. The van der Waals surface area contributed by atoms with Crippen LogP contribution in [0.2, 0.25) is 0 Å². The van der Waals surface area contributed by atoms with Crippen LogP contribution in [0.15, 0.2) is 6.20 Å². The smallest absolute Gasteiger partial charge is 0.125 e. The highest BCUT2D eigenvalue weighted by atomic mass is 32.1. The summed E-state index contributed by atoms with van der Waals surface area (Å²) in [7, 11) is 1.84. The number of hydrogen-bond donors (Lipinski definition) is 1. The Morgan fingerprint density at radius 3 is 2.55 bits per heavy atom. The zero-order valence-corrected chi connectivity index (χ0v) is 14.3. The Morgan fingerprint density at radius 1 is 1.35 bits per heavy atom. The van der Waals surface area contributed by atoms with Gasteiger partial charge in [0.2, 0.25) is 0 Å². The third kappa shape index (κ3) is 3.23. The van der Waals surface area contributed by atoms with Gasteiger partial charge in [0.15, 0.2) is 0 Å². The highest BCUT2D eigenvalue weighted by Crippen LogP contribution is 2.48. The van der Waals surface area contributed by atoms with E-state index in [0.717, 1.165) is 24.4 Å². The van der Waals surface area contributed by atoms with E-state index < -0.39 is 0 Å². The van der Waals surface area contributed by atoms with Crippen molar-refractivity contribution in [2.24, 2.45) is 5.41 Å². The molecule has 0 aliphatic heterocycles. The molecule has 1 aromatic heterocycles. The Morgan fingerprint density at radius 2 is 2.00 bits per heavy atom. The largest absolute Gasteiger partial charge is 0.371 e. The summed E-state index contributed by atoms with van der Waals surface area (Å²) in [6.07, 6.45) is 6.60. The van der Waals surface area contributed by atoms with E-state index in [1.807, 2.05) is 24.6 Å². The monoisotopic (exact) mass is 296 g/mol. The normalized spacial score (nSPS) is 22.6. The SMILES string of the molecule is CCNC(C)c1cnc(C2(OC)CCC(C)(C)CC2)s1. The van der Waals surface area contributed by atoms with Gasteiger partial charge in [-0.25, -0.2) is 4.98 Å². The molecule has 2 rings (SSSR count). The number of aromatic nitrogens is 1. The molecule has 0 spiro atoms. The summed E-state index contributed by atoms with van der Waals surface area (Å²) in [6, 6.07) is 0.375. The molecule has 0 saturated heterocycles. The molecule has 1 aromatic rings. The molecule has 1 aliphatic carbocycles. The van der Waals surface area contributed by atoms with Crippen LogP contribution in [-0.4, -0.2) is 18.6 Å². The number of thiazole rings is 1. The summed E-state index contributed by atoms with van der Waals surface area (Å²) < 4.78 is 5.94. The lowest BCUT2D eigenvalue weighted by molar-refractivity contribution is -0.0667. The molecule has 4 heteroatoms. The maximum absolute atomic E-state index is 5.94. The zero-order valence-electron chi connectivity index (χ0n) is 13.5. The molecule has 1 saturated carbocycles. The molecule has 114 valence electrons. The van der Waals surface area contributed by atoms with E-state index in [9.17, 15) is 0 Å². The lowest BCUT2D eigenvalue weighted by atomic mass is 9.71. The van der Waals surface area contributed by atoms with Crippen LogP contribution in [0.5, 0.6) is 0 Å². The van der Waals surface area contributed by atoms with E-state index in [4.69, 9.17) is 4.74 Å². The standard InChI is InChI=1S/C16H28N2OS/c1-6-17-12(2)13-11-18-14(20-13)16(19-5)9-7-15(3,4)8-10-16/h11-12,17H,6-10H2,1-5H3. The van der Waals surface area contributed by atoms with Crippen LogP contribution < -0.4 is 5.32 Å². The molecule has 1 N–H and O–H groups in total. The molecule has 0 bridgehead atoms. The van der Waals surface area contributed by atoms with Gasteiger partial charge in [0, 0.05) is 24.2 Å². The van der Waals surface area contributed by atoms with E-state index >= 15 is 0 Å². The van der Waals surface area contributed by atoms with Crippen molar-refractivity contribution in [3.63, 3.8) is 0 Å². The first kappa shape index (κ1) is 15.9. The first-order valence-electron chi connectivity index (χ1n) is 7.67. The molecule has 0 radical (unpaired) electrons. The molecule has 0 amide bonds. The van der Waals surface area contributed by atoms with Gasteiger partial charge in [0.25, 0.3) is 0 Å². The van der Waals surface area contributed by atoms with Crippen molar-refractivity contribution >= 4 is 11.3 Å². The minimum Gasteiger partial charge on any atom is -0.371 e. The predicted octanol–water partition coefficient (Wildman–Crippen LogP) is 4.26. The van der Waals surface area contributed by atoms with Crippen molar-refractivity contribution in [2.45, 2.75) is 65.0 Å². The van der Waals surface area contributed by atoms with Gasteiger partial charge >= 0.3 is 0 Å². The Hall–Kier alpha value is -0.450. The molecule has 0 aromatic carbocycles. The number of methoxy groups -OCH3 is 1. The van der Waals surface area contributed by atoms with Crippen molar-refractivity contribution < 1.29 is 4.74 Å². The van der Waals surface area contributed by atoms with Gasteiger partial charge in [0.1, 0.15) is 10.6 Å². The third-order valence-corrected chi connectivity index (χ3v) is 6.02. The topological polar surface area (TPSA) is 34.2 Å². The highest BCUT2D eigenvalue weighted by Gasteiger charge is 2.42. The van der Waals surface area contributed by atoms with Crippen LogP contribution >= 0.6 is 11.3 Å². The zero-order chi connectivity index (χ0) is 14.8. The second-order valence-corrected chi connectivity index (χ2v) is 7.77. The summed E-state index contributed by atoms with van der Waals surface area (Å²) in [6.45, 7) is 10.0. The average Bonchev–Trinajstić information content (AvgIpc) is 2.90. The summed E-state index contributed by atoms with van der Waals surface area (Å²) in [5.41, 5.74) is 0.295. The summed E-state index contributed by atoms with van der Waals surface area (Å²) in [4.78, 5) is 6.00. The molecule has 1 fully saturated rings. The van der Waals surface area contributed by atoms with E-state index in [-0.39, 0.29) is 5.60 Å². The highest BCUT2D eigenvalue weighted by molar-refractivity contribution is 7.11. The van der Waals surface area contributed by atoms with Crippen LogP contribution in [0, 0.1) is 5.41 Å². The maximum atomic E-state index is 5.94. The lowest BCUT2D eigenvalue weighted by Crippen LogP contribution is -2.36. The minimum absolute atomic E-state index is 0.148. The van der Waals surface area contributed by atoms with Gasteiger partial charge in [-0.05, 0) is 44.6 Å². The predicted molar refractivity (Wildman–Crippen MR) is 85.1 cm³/mol. The number of rotatable bonds is 5. The summed E-state index contributed by atoms with van der Waals surface area (Å²) >= 11 is 1.81. The van der Waals surface area contributed by atoms with Crippen LogP contribution in [-0.2, 0) is 10.3 Å². The van der Waals surface area contributed by atoms with Crippen LogP contribution in [0.1, 0.15) is 69.3 Å². The first-order chi connectivity index (χ1) is 9.42. The summed E-state index contributed by atoms with van der Waals surface area (Å²) in [5, 5.41) is 4.61. The van der Waals surface area contributed by atoms with E-state index in [1.54, 1.807) is 0 Å². The average molecular weight is 296 g/mol. The number of hydrogen-bond acceptors (Lipinski definition) is 4. The van der Waals surface area contributed by atoms with Crippen LogP contribution in [0.3, 0.4) is 0 Å². The van der Waals surface area contributed by atoms with Crippen molar-refractivity contribution in [3.05, 3.63) is 16.1 Å². The van der Waals surface area contributed by atoms with E-state index in [0.29, 0.717) is 11.5 Å². The van der Waals surface area contributed by atoms with Crippen LogP contribution in [0.25, 0.3) is 0 Å². The van der Waals surface area contributed by atoms with Crippen molar-refractivity contribution in [1.29, 1.82) is 0 Å². The van der Waals surface area contributed by atoms with Gasteiger partial charge in [-0.3, -0.25) is 0 Å². The quantitative estimate of drug-likeness (QED) is 0.881. The Labute approximate surface area is 127 Å². The maximum Gasteiger partial charge on any atom is 0.125 e. The molecule has 1 atom stereocenters. The fourth-order valence-corrected chi connectivity index (χ4v) is 4.11. The second-order valence-electron chi connectivity index (χ2n) is 6.71. The fourth-order valence-electron chi connectivity index (χ4n) is 2.94. The minimum atomic E-state index is -0.148. The molecule has 20 heavy (non-hydrogen) atoms. The molecular weight excluding hydrogens is 268 g/mol. The van der Waals surface area contributed by atoms with E-state index in [2.05, 4.69) is 38.0 Å². The van der Waals surface area contributed by atoms with Gasteiger partial charge in [-0.1, -0.05) is 20.8 Å². The third-order valence-electron chi connectivity index (χ3n) is 4.65. The first-order valence-corrected chi connectivity index (χ1v) is 8.49. The second kappa shape index (κ2) is 6.12. The number of nitrogens with one attached hydrogen (secondary N) is 1. The number of ether oxygens (including phenoxy) is 1. The van der Waals surface area contributed by atoms with Crippen molar-refractivity contribution in [1.82, 2.24) is 10.3 Å².